The molecule has 0 aliphatic carbocycles. The van der Waals surface area contributed by atoms with Crippen LogP contribution in [0.4, 0.5) is 13.2 Å². The van der Waals surface area contributed by atoms with Gasteiger partial charge in [0.05, 0.1) is 5.56 Å². The summed E-state index contributed by atoms with van der Waals surface area (Å²) in [7, 11) is 0. The van der Waals surface area contributed by atoms with Crippen molar-refractivity contribution in [3.63, 3.8) is 0 Å². The van der Waals surface area contributed by atoms with Crippen LogP contribution in [0.2, 0.25) is 0 Å². The molecule has 210 valence electrons. The van der Waals surface area contributed by atoms with Crippen LogP contribution in [-0.4, -0.2) is 0 Å². The zero-order chi connectivity index (χ0) is 27.7. The Morgan fingerprint density at radius 3 is 1.85 bits per heavy atom. The summed E-state index contributed by atoms with van der Waals surface area (Å²) >= 11 is 0. The standard InChI is InChI=1S/C35H43F3O/c1-3-5-7-9-11-13-15-26-17-19-27(20-18-26)29-22-23-30-31-24-21-28(16-14-12-10-8-6-4-2)33(36)34(31)39-35(37,38)32(30)25-29/h17-25H,3-16H2,1-2H3. The monoisotopic (exact) mass is 536 g/mol. The van der Waals surface area contributed by atoms with Gasteiger partial charge in [-0.05, 0) is 59.6 Å². The van der Waals surface area contributed by atoms with E-state index >= 15 is 13.2 Å². The van der Waals surface area contributed by atoms with Crippen molar-refractivity contribution in [1.29, 1.82) is 0 Å². The summed E-state index contributed by atoms with van der Waals surface area (Å²) in [5, 5.41) is 0. The molecule has 1 nitrogen and oxygen atoms in total. The molecule has 0 fully saturated rings. The number of halogens is 3. The predicted octanol–water partition coefficient (Wildman–Crippen LogP) is 11.4. The van der Waals surface area contributed by atoms with Gasteiger partial charge >= 0.3 is 6.11 Å². The second-order valence-electron chi connectivity index (χ2n) is 11.0. The molecule has 0 atom stereocenters. The number of hydrogen-bond acceptors (Lipinski definition) is 1. The lowest BCUT2D eigenvalue weighted by Crippen LogP contribution is -2.27. The molecule has 0 amide bonds. The van der Waals surface area contributed by atoms with E-state index in [1.807, 2.05) is 18.2 Å². The van der Waals surface area contributed by atoms with Crippen LogP contribution in [0.5, 0.6) is 5.75 Å². The Labute approximate surface area is 232 Å². The van der Waals surface area contributed by atoms with E-state index in [1.54, 1.807) is 18.2 Å². The molecular formula is C35H43F3O. The fourth-order valence-electron chi connectivity index (χ4n) is 5.55. The summed E-state index contributed by atoms with van der Waals surface area (Å²) in [4.78, 5) is 0. The van der Waals surface area contributed by atoms with E-state index in [4.69, 9.17) is 4.74 Å². The van der Waals surface area contributed by atoms with Crippen LogP contribution in [-0.2, 0) is 19.0 Å². The van der Waals surface area contributed by atoms with E-state index in [2.05, 4.69) is 26.0 Å². The normalized spacial score (nSPS) is 13.6. The molecule has 1 aliphatic heterocycles. The molecular weight excluding hydrogens is 493 g/mol. The van der Waals surface area contributed by atoms with Crippen LogP contribution in [0.3, 0.4) is 0 Å². The predicted molar refractivity (Wildman–Crippen MR) is 156 cm³/mol. The maximum atomic E-state index is 15.3. The number of ether oxygens (including phenoxy) is 1. The summed E-state index contributed by atoms with van der Waals surface area (Å²) in [6.07, 6.45) is 12.1. The third kappa shape index (κ3) is 7.47. The number of aryl methyl sites for hydroxylation is 2. The number of rotatable bonds is 15. The van der Waals surface area contributed by atoms with Gasteiger partial charge in [-0.2, -0.15) is 8.78 Å². The molecule has 0 unspecified atom stereocenters. The van der Waals surface area contributed by atoms with E-state index in [0.717, 1.165) is 31.2 Å². The van der Waals surface area contributed by atoms with Gasteiger partial charge in [0, 0.05) is 5.56 Å². The van der Waals surface area contributed by atoms with Crippen molar-refractivity contribution >= 4 is 0 Å². The highest BCUT2D eigenvalue weighted by atomic mass is 19.3. The number of alkyl halides is 2. The Balaban J connectivity index is 1.46. The molecule has 0 saturated heterocycles. The summed E-state index contributed by atoms with van der Waals surface area (Å²) in [6.45, 7) is 4.40. The quantitative estimate of drug-likeness (QED) is 0.176. The Bertz CT molecular complexity index is 1200. The average molecular weight is 537 g/mol. The molecule has 4 rings (SSSR count). The second-order valence-corrected chi connectivity index (χ2v) is 11.0. The van der Waals surface area contributed by atoms with E-state index in [1.165, 1.54) is 69.4 Å². The van der Waals surface area contributed by atoms with Crippen molar-refractivity contribution in [2.75, 3.05) is 0 Å². The van der Waals surface area contributed by atoms with Crippen molar-refractivity contribution in [2.45, 2.75) is 110 Å². The van der Waals surface area contributed by atoms with E-state index in [-0.39, 0.29) is 11.3 Å². The van der Waals surface area contributed by atoms with Crippen molar-refractivity contribution in [3.8, 4) is 28.0 Å². The van der Waals surface area contributed by atoms with Gasteiger partial charge < -0.3 is 4.74 Å². The molecule has 0 saturated carbocycles. The van der Waals surface area contributed by atoms with Gasteiger partial charge in [0.25, 0.3) is 0 Å². The molecule has 1 heterocycles. The van der Waals surface area contributed by atoms with Gasteiger partial charge in [0.1, 0.15) is 0 Å². The molecule has 3 aromatic carbocycles. The largest absolute Gasteiger partial charge is 0.427 e. The molecule has 1 aliphatic rings. The molecule has 39 heavy (non-hydrogen) atoms. The van der Waals surface area contributed by atoms with Crippen molar-refractivity contribution in [3.05, 3.63) is 77.1 Å². The van der Waals surface area contributed by atoms with Crippen molar-refractivity contribution < 1.29 is 17.9 Å². The number of unbranched alkanes of at least 4 members (excludes halogenated alkanes) is 10. The first kappa shape index (κ1) is 29.2. The minimum atomic E-state index is -3.60. The minimum Gasteiger partial charge on any atom is -0.425 e. The van der Waals surface area contributed by atoms with Crippen LogP contribution in [0.15, 0.2) is 54.6 Å². The van der Waals surface area contributed by atoms with E-state index < -0.39 is 11.9 Å². The number of fused-ring (bicyclic) bond motifs is 3. The van der Waals surface area contributed by atoms with Crippen LogP contribution >= 0.6 is 0 Å². The maximum Gasteiger partial charge on any atom is 0.427 e. The highest BCUT2D eigenvalue weighted by Gasteiger charge is 2.43. The van der Waals surface area contributed by atoms with Gasteiger partial charge in [-0.3, -0.25) is 0 Å². The number of hydrogen-bond donors (Lipinski definition) is 0. The zero-order valence-corrected chi connectivity index (χ0v) is 23.6. The smallest absolute Gasteiger partial charge is 0.425 e. The molecule has 0 bridgehead atoms. The highest BCUT2D eigenvalue weighted by molar-refractivity contribution is 5.80. The van der Waals surface area contributed by atoms with Crippen LogP contribution in [0, 0.1) is 5.82 Å². The second kappa shape index (κ2) is 14.1. The third-order valence-electron chi connectivity index (χ3n) is 7.94. The molecule has 3 aromatic rings. The Morgan fingerprint density at radius 1 is 0.615 bits per heavy atom. The van der Waals surface area contributed by atoms with Crippen LogP contribution in [0.1, 0.15) is 108 Å². The van der Waals surface area contributed by atoms with E-state index in [9.17, 15) is 0 Å². The average Bonchev–Trinajstić information content (AvgIpc) is 2.94. The first-order valence-electron chi connectivity index (χ1n) is 15.1. The van der Waals surface area contributed by atoms with Gasteiger partial charge in [-0.15, -0.1) is 0 Å². The number of benzene rings is 3. The Morgan fingerprint density at radius 2 is 1.18 bits per heavy atom. The highest BCUT2D eigenvalue weighted by Crippen LogP contribution is 2.49. The molecule has 0 N–H and O–H groups in total. The van der Waals surface area contributed by atoms with Gasteiger partial charge in [-0.25, -0.2) is 4.39 Å². The van der Waals surface area contributed by atoms with Crippen molar-refractivity contribution in [2.24, 2.45) is 0 Å². The van der Waals surface area contributed by atoms with E-state index in [0.29, 0.717) is 28.7 Å². The first-order valence-corrected chi connectivity index (χ1v) is 15.1. The lowest BCUT2D eigenvalue weighted by Gasteiger charge is -2.29. The lowest BCUT2D eigenvalue weighted by molar-refractivity contribution is -0.188. The van der Waals surface area contributed by atoms with Crippen LogP contribution in [0.25, 0.3) is 22.3 Å². The minimum absolute atomic E-state index is 0.216. The fourth-order valence-corrected chi connectivity index (χ4v) is 5.55. The van der Waals surface area contributed by atoms with Gasteiger partial charge in [0.2, 0.25) is 0 Å². The molecule has 0 aromatic heterocycles. The molecule has 0 radical (unpaired) electrons. The van der Waals surface area contributed by atoms with Crippen molar-refractivity contribution in [1.82, 2.24) is 0 Å². The Kier molecular flexibility index (Phi) is 10.5. The summed E-state index contributed by atoms with van der Waals surface area (Å²) in [5.41, 5.74) is 3.80. The summed E-state index contributed by atoms with van der Waals surface area (Å²) in [6, 6.07) is 16.6. The summed E-state index contributed by atoms with van der Waals surface area (Å²) < 4.78 is 50.8. The molecule has 4 heteroatoms. The SMILES string of the molecule is CCCCCCCCc1ccc(-c2ccc3c(c2)C(F)(F)Oc2c-3ccc(CCCCCCCC)c2F)cc1. The van der Waals surface area contributed by atoms with Gasteiger partial charge in [0.15, 0.2) is 11.6 Å². The fraction of sp³-hybridized carbons (Fsp3) is 0.486. The first-order chi connectivity index (χ1) is 18.9. The summed E-state index contributed by atoms with van der Waals surface area (Å²) in [5.74, 6) is -0.987. The molecule has 0 spiro atoms. The zero-order valence-electron chi connectivity index (χ0n) is 23.6. The Hall–Kier alpha value is -2.75. The lowest BCUT2D eigenvalue weighted by atomic mass is 9.90. The topological polar surface area (TPSA) is 9.23 Å². The van der Waals surface area contributed by atoms with Crippen LogP contribution < -0.4 is 4.74 Å². The van der Waals surface area contributed by atoms with Gasteiger partial charge in [-0.1, -0.05) is 127 Å². The maximum absolute atomic E-state index is 15.3. The third-order valence-corrected chi connectivity index (χ3v) is 7.94.